The molecule has 0 aromatic heterocycles. The third kappa shape index (κ3) is 8.78. The Labute approximate surface area is 192 Å². The summed E-state index contributed by atoms with van der Waals surface area (Å²) >= 11 is 0. The van der Waals surface area contributed by atoms with Crippen molar-refractivity contribution in [1.29, 1.82) is 0 Å². The molecule has 0 saturated carbocycles. The van der Waals surface area contributed by atoms with Crippen molar-refractivity contribution >= 4 is 23.5 Å². The standard InChI is InChI=1S/C25H29NO7/c1-17(5-3-4-6-23(29)30)24(20-9-13-22(14-10-20)32-16-15-27)33-25(31)26-21-11-7-19(8-12-21)18(2)28/h4,6-14,17,24,27H,3,5,15-16H2,1-2H3,(H,26,31)(H,29,30)/b6-4+/t17-,24-/m0/s1. The van der Waals surface area contributed by atoms with Crippen LogP contribution >= 0.6 is 0 Å². The molecule has 2 aromatic rings. The van der Waals surface area contributed by atoms with Crippen molar-refractivity contribution in [3.05, 3.63) is 71.8 Å². The van der Waals surface area contributed by atoms with Crippen molar-refractivity contribution in [2.24, 2.45) is 5.92 Å². The quantitative estimate of drug-likeness (QED) is 0.316. The maximum absolute atomic E-state index is 12.6. The lowest BCUT2D eigenvalue weighted by Gasteiger charge is -2.25. The molecule has 8 heteroatoms. The predicted molar refractivity (Wildman–Crippen MR) is 123 cm³/mol. The summed E-state index contributed by atoms with van der Waals surface area (Å²) < 4.78 is 11.1. The number of Topliss-reactive ketones (excluding diaryl/α,β-unsaturated/α-hetero) is 1. The number of aliphatic hydroxyl groups is 1. The van der Waals surface area contributed by atoms with Crippen LogP contribution in [0.5, 0.6) is 5.75 Å². The topological polar surface area (TPSA) is 122 Å². The maximum Gasteiger partial charge on any atom is 0.412 e. The fraction of sp³-hybridized carbons (Fsp3) is 0.320. The van der Waals surface area contributed by atoms with Gasteiger partial charge in [-0.15, -0.1) is 0 Å². The Balaban J connectivity index is 2.12. The molecule has 2 aromatic carbocycles. The Morgan fingerprint density at radius 1 is 1.06 bits per heavy atom. The van der Waals surface area contributed by atoms with Gasteiger partial charge < -0.3 is 19.7 Å². The molecule has 176 valence electrons. The zero-order valence-corrected chi connectivity index (χ0v) is 18.7. The lowest BCUT2D eigenvalue weighted by Crippen LogP contribution is -2.22. The van der Waals surface area contributed by atoms with Crippen molar-refractivity contribution in [1.82, 2.24) is 0 Å². The highest BCUT2D eigenvalue weighted by Gasteiger charge is 2.23. The number of amides is 1. The maximum atomic E-state index is 12.6. The second kappa shape index (κ2) is 13.0. The number of carbonyl (C=O) groups excluding carboxylic acids is 2. The van der Waals surface area contributed by atoms with E-state index in [-0.39, 0.29) is 24.9 Å². The number of allylic oxidation sites excluding steroid dienone is 1. The number of ether oxygens (including phenoxy) is 2. The van der Waals surface area contributed by atoms with Crippen LogP contribution in [0.15, 0.2) is 60.7 Å². The van der Waals surface area contributed by atoms with Crippen LogP contribution in [0.25, 0.3) is 0 Å². The fourth-order valence-electron chi connectivity index (χ4n) is 3.18. The molecule has 0 saturated heterocycles. The second-order valence-corrected chi connectivity index (χ2v) is 7.52. The largest absolute Gasteiger partial charge is 0.491 e. The molecule has 0 aliphatic heterocycles. The molecule has 0 bridgehead atoms. The number of benzene rings is 2. The molecule has 0 aliphatic rings. The molecule has 2 rings (SSSR count). The first-order valence-corrected chi connectivity index (χ1v) is 10.6. The zero-order chi connectivity index (χ0) is 24.2. The normalized spacial score (nSPS) is 12.7. The molecule has 0 aliphatic carbocycles. The SMILES string of the molecule is CC(=O)c1ccc(NC(=O)O[C@H](c2ccc(OCCO)cc2)[C@@H](C)CC/C=C/C(=O)O)cc1. The van der Waals surface area contributed by atoms with Crippen LogP contribution in [0, 0.1) is 5.92 Å². The summed E-state index contributed by atoms with van der Waals surface area (Å²) in [7, 11) is 0. The van der Waals surface area contributed by atoms with Gasteiger partial charge in [0.1, 0.15) is 18.5 Å². The highest BCUT2D eigenvalue weighted by Crippen LogP contribution is 2.31. The van der Waals surface area contributed by atoms with Crippen LogP contribution in [0.1, 0.15) is 48.7 Å². The Hall–Kier alpha value is -3.65. The molecule has 0 unspecified atom stereocenters. The number of nitrogens with one attached hydrogen (secondary N) is 1. The number of ketones is 1. The van der Waals surface area contributed by atoms with Crippen LogP contribution in [0.4, 0.5) is 10.5 Å². The third-order valence-electron chi connectivity index (χ3n) is 4.91. The first-order valence-electron chi connectivity index (χ1n) is 10.6. The number of carbonyl (C=O) groups is 3. The first-order chi connectivity index (χ1) is 15.8. The molecule has 8 nitrogen and oxygen atoms in total. The van der Waals surface area contributed by atoms with Gasteiger partial charge in [0.05, 0.1) is 6.61 Å². The molecule has 0 fully saturated rings. The molecular weight excluding hydrogens is 426 g/mol. The highest BCUT2D eigenvalue weighted by molar-refractivity contribution is 5.95. The summed E-state index contributed by atoms with van der Waals surface area (Å²) in [4.78, 5) is 34.7. The summed E-state index contributed by atoms with van der Waals surface area (Å²) in [5.74, 6) is -0.609. The number of rotatable bonds is 12. The summed E-state index contributed by atoms with van der Waals surface area (Å²) in [6.07, 6.45) is 2.53. The van der Waals surface area contributed by atoms with E-state index in [9.17, 15) is 14.4 Å². The molecule has 0 spiro atoms. The third-order valence-corrected chi connectivity index (χ3v) is 4.91. The van der Waals surface area contributed by atoms with E-state index in [2.05, 4.69) is 5.32 Å². The van der Waals surface area contributed by atoms with Gasteiger partial charge in [-0.1, -0.05) is 25.1 Å². The fourth-order valence-corrected chi connectivity index (χ4v) is 3.18. The number of carboxylic acid groups (broad SMARTS) is 1. The summed E-state index contributed by atoms with van der Waals surface area (Å²) in [6, 6.07) is 13.5. The van der Waals surface area contributed by atoms with Gasteiger partial charge in [0.15, 0.2) is 5.78 Å². The molecule has 0 radical (unpaired) electrons. The Morgan fingerprint density at radius 2 is 1.73 bits per heavy atom. The van der Waals surface area contributed by atoms with E-state index < -0.39 is 18.2 Å². The van der Waals surface area contributed by atoms with Crippen LogP contribution in [-0.2, 0) is 9.53 Å². The average Bonchev–Trinajstić information content (AvgIpc) is 2.79. The zero-order valence-electron chi connectivity index (χ0n) is 18.7. The smallest absolute Gasteiger partial charge is 0.412 e. The van der Waals surface area contributed by atoms with Crippen LogP contribution in [-0.4, -0.2) is 41.3 Å². The van der Waals surface area contributed by atoms with Gasteiger partial charge in [0.25, 0.3) is 0 Å². The Morgan fingerprint density at radius 3 is 2.30 bits per heavy atom. The molecule has 2 atom stereocenters. The van der Waals surface area contributed by atoms with E-state index in [0.29, 0.717) is 29.8 Å². The summed E-state index contributed by atoms with van der Waals surface area (Å²) in [5, 5.41) is 20.3. The number of hydrogen-bond acceptors (Lipinski definition) is 6. The molecule has 0 heterocycles. The van der Waals surface area contributed by atoms with Crippen LogP contribution in [0.3, 0.4) is 0 Å². The molecular formula is C25H29NO7. The van der Waals surface area contributed by atoms with Gasteiger partial charge in [-0.05, 0) is 67.6 Å². The Bertz CT molecular complexity index is 952. The lowest BCUT2D eigenvalue weighted by atomic mass is 9.93. The number of hydrogen-bond donors (Lipinski definition) is 3. The van der Waals surface area contributed by atoms with E-state index in [1.54, 1.807) is 54.6 Å². The van der Waals surface area contributed by atoms with Gasteiger partial charge in [-0.3, -0.25) is 10.1 Å². The lowest BCUT2D eigenvalue weighted by molar-refractivity contribution is -0.131. The van der Waals surface area contributed by atoms with Gasteiger partial charge >= 0.3 is 12.1 Å². The van der Waals surface area contributed by atoms with Crippen molar-refractivity contribution in [3.63, 3.8) is 0 Å². The summed E-state index contributed by atoms with van der Waals surface area (Å²) in [6.45, 7) is 3.47. The molecule has 33 heavy (non-hydrogen) atoms. The van der Waals surface area contributed by atoms with Crippen molar-refractivity contribution in [2.45, 2.75) is 32.8 Å². The number of aliphatic hydroxyl groups excluding tert-OH is 1. The minimum absolute atomic E-state index is 0.0682. The van der Waals surface area contributed by atoms with Crippen molar-refractivity contribution < 1.29 is 34.1 Å². The highest BCUT2D eigenvalue weighted by atomic mass is 16.6. The van der Waals surface area contributed by atoms with E-state index >= 15 is 0 Å². The van der Waals surface area contributed by atoms with E-state index in [1.807, 2.05) is 6.92 Å². The predicted octanol–water partition coefficient (Wildman–Crippen LogP) is 4.61. The summed E-state index contributed by atoms with van der Waals surface area (Å²) in [5.41, 5.74) is 1.79. The van der Waals surface area contributed by atoms with E-state index in [4.69, 9.17) is 19.7 Å². The molecule has 1 amide bonds. The number of anilines is 1. The van der Waals surface area contributed by atoms with Gasteiger partial charge in [-0.2, -0.15) is 0 Å². The van der Waals surface area contributed by atoms with Crippen molar-refractivity contribution in [2.75, 3.05) is 18.5 Å². The minimum Gasteiger partial charge on any atom is -0.491 e. The van der Waals surface area contributed by atoms with Gasteiger partial charge in [0.2, 0.25) is 0 Å². The minimum atomic E-state index is -1.01. The average molecular weight is 456 g/mol. The van der Waals surface area contributed by atoms with Crippen LogP contribution < -0.4 is 10.1 Å². The Kier molecular flexibility index (Phi) is 10.1. The monoisotopic (exact) mass is 455 g/mol. The van der Waals surface area contributed by atoms with Gasteiger partial charge in [-0.25, -0.2) is 9.59 Å². The van der Waals surface area contributed by atoms with Crippen LogP contribution in [0.2, 0.25) is 0 Å². The number of aliphatic carboxylic acids is 1. The van der Waals surface area contributed by atoms with E-state index in [1.165, 1.54) is 6.92 Å². The second-order valence-electron chi connectivity index (χ2n) is 7.52. The van der Waals surface area contributed by atoms with Gasteiger partial charge in [0, 0.05) is 17.3 Å². The molecule has 3 N–H and O–H groups in total. The van der Waals surface area contributed by atoms with E-state index in [0.717, 1.165) is 11.6 Å². The van der Waals surface area contributed by atoms with Crippen molar-refractivity contribution in [3.8, 4) is 5.75 Å². The first kappa shape index (κ1) is 25.6. The number of carboxylic acids is 1.